The highest BCUT2D eigenvalue weighted by Crippen LogP contribution is 2.27. The van der Waals surface area contributed by atoms with Gasteiger partial charge in [-0.25, -0.2) is 0 Å². The van der Waals surface area contributed by atoms with E-state index in [1.165, 1.54) is 11.4 Å². The molecule has 1 rings (SSSR count). The van der Waals surface area contributed by atoms with Crippen molar-refractivity contribution < 1.29 is 0 Å². The molecule has 16 heavy (non-hydrogen) atoms. The third kappa shape index (κ3) is 2.42. The van der Waals surface area contributed by atoms with Crippen LogP contribution in [0.5, 0.6) is 0 Å². The lowest BCUT2D eigenvalue weighted by molar-refractivity contribution is 0.599. The van der Waals surface area contributed by atoms with Crippen LogP contribution in [-0.4, -0.2) is 22.4 Å². The molecule has 0 saturated heterocycles. The molecule has 0 N–H and O–H groups in total. The fourth-order valence-electron chi connectivity index (χ4n) is 2.10. The van der Waals surface area contributed by atoms with Crippen molar-refractivity contribution in [1.29, 1.82) is 0 Å². The van der Waals surface area contributed by atoms with Crippen LogP contribution in [0.15, 0.2) is 0 Å². The minimum atomic E-state index is 0.553. The summed E-state index contributed by atoms with van der Waals surface area (Å²) in [5.41, 5.74) is 2.43. The highest BCUT2D eigenvalue weighted by Gasteiger charge is 2.20. The predicted molar refractivity (Wildman–Crippen MR) is 73.3 cm³/mol. The summed E-state index contributed by atoms with van der Waals surface area (Å²) in [6.45, 7) is 9.79. The van der Waals surface area contributed by atoms with Gasteiger partial charge in [-0.15, -0.1) is 0 Å². The lowest BCUT2D eigenvalue weighted by atomic mass is 10.2. The minimum absolute atomic E-state index is 0.553. The van der Waals surface area contributed by atoms with Gasteiger partial charge in [0.05, 0.1) is 5.69 Å². The number of anilines is 1. The molecule has 0 aromatic carbocycles. The minimum Gasteiger partial charge on any atom is -0.354 e. The molecule has 1 atom stereocenters. The van der Waals surface area contributed by atoms with Gasteiger partial charge in [-0.2, -0.15) is 5.10 Å². The van der Waals surface area contributed by atoms with E-state index < -0.39 is 0 Å². The van der Waals surface area contributed by atoms with E-state index in [0.29, 0.717) is 6.04 Å². The predicted octanol–water partition coefficient (Wildman–Crippen LogP) is 3.25. The van der Waals surface area contributed by atoms with E-state index in [4.69, 9.17) is 0 Å². The lowest BCUT2D eigenvalue weighted by Gasteiger charge is -2.30. The lowest BCUT2D eigenvalue weighted by Crippen LogP contribution is -2.34. The first kappa shape index (κ1) is 13.6. The second kappa shape index (κ2) is 5.71. The molecule has 0 spiro atoms. The van der Waals surface area contributed by atoms with Crippen molar-refractivity contribution in [2.24, 2.45) is 7.05 Å². The Morgan fingerprint density at radius 3 is 2.50 bits per heavy atom. The molecule has 1 heterocycles. The standard InChI is InChI=1S/C12H22BrN3/c1-6-9(3)16(7-2)12-11(8-13)10(4)14-15(12)5/h9H,6-8H2,1-5H3. The van der Waals surface area contributed by atoms with E-state index in [0.717, 1.165) is 24.0 Å². The van der Waals surface area contributed by atoms with Crippen LogP contribution in [0.2, 0.25) is 0 Å². The monoisotopic (exact) mass is 287 g/mol. The summed E-state index contributed by atoms with van der Waals surface area (Å²) >= 11 is 3.56. The van der Waals surface area contributed by atoms with Crippen molar-refractivity contribution in [3.63, 3.8) is 0 Å². The van der Waals surface area contributed by atoms with Crippen LogP contribution < -0.4 is 4.90 Å². The van der Waals surface area contributed by atoms with Crippen LogP contribution in [0.3, 0.4) is 0 Å². The molecule has 0 aliphatic rings. The van der Waals surface area contributed by atoms with Gasteiger partial charge in [0, 0.05) is 30.5 Å². The van der Waals surface area contributed by atoms with E-state index in [1.54, 1.807) is 0 Å². The summed E-state index contributed by atoms with van der Waals surface area (Å²) in [6, 6.07) is 0.553. The Labute approximate surface area is 107 Å². The summed E-state index contributed by atoms with van der Waals surface area (Å²) < 4.78 is 2.00. The Kier molecular flexibility index (Phi) is 4.84. The maximum absolute atomic E-state index is 4.51. The van der Waals surface area contributed by atoms with Crippen molar-refractivity contribution in [3.8, 4) is 0 Å². The fourth-order valence-corrected chi connectivity index (χ4v) is 2.75. The molecule has 0 fully saturated rings. The average Bonchev–Trinajstić information content (AvgIpc) is 2.54. The van der Waals surface area contributed by atoms with Crippen LogP contribution >= 0.6 is 15.9 Å². The third-order valence-corrected chi connectivity index (χ3v) is 3.74. The molecule has 1 aromatic rings. The van der Waals surface area contributed by atoms with E-state index >= 15 is 0 Å². The van der Waals surface area contributed by atoms with E-state index in [9.17, 15) is 0 Å². The molecule has 4 heteroatoms. The molecule has 0 amide bonds. The van der Waals surface area contributed by atoms with Gasteiger partial charge in [0.1, 0.15) is 5.82 Å². The van der Waals surface area contributed by atoms with Crippen molar-refractivity contribution in [3.05, 3.63) is 11.3 Å². The van der Waals surface area contributed by atoms with Crippen LogP contribution in [0, 0.1) is 6.92 Å². The smallest absolute Gasteiger partial charge is 0.131 e. The molecule has 3 nitrogen and oxygen atoms in total. The topological polar surface area (TPSA) is 21.1 Å². The van der Waals surface area contributed by atoms with Crippen molar-refractivity contribution in [1.82, 2.24) is 9.78 Å². The summed E-state index contributed by atoms with van der Waals surface area (Å²) in [5, 5.41) is 5.38. The molecule has 1 unspecified atom stereocenters. The number of rotatable bonds is 5. The fraction of sp³-hybridized carbons (Fsp3) is 0.750. The molecule has 0 saturated carbocycles. The molecule has 0 radical (unpaired) electrons. The van der Waals surface area contributed by atoms with Crippen LogP contribution in [0.25, 0.3) is 0 Å². The van der Waals surface area contributed by atoms with Gasteiger partial charge >= 0.3 is 0 Å². The maximum Gasteiger partial charge on any atom is 0.131 e. The Morgan fingerprint density at radius 2 is 2.06 bits per heavy atom. The number of aryl methyl sites for hydroxylation is 2. The maximum atomic E-state index is 4.51. The van der Waals surface area contributed by atoms with E-state index in [-0.39, 0.29) is 0 Å². The summed E-state index contributed by atoms with van der Waals surface area (Å²) in [7, 11) is 2.03. The average molecular weight is 288 g/mol. The number of nitrogens with zero attached hydrogens (tertiary/aromatic N) is 3. The molecular formula is C12H22BrN3. The SMILES string of the molecule is CCC(C)N(CC)c1c(CBr)c(C)nn1C. The van der Waals surface area contributed by atoms with Crippen molar-refractivity contribution in [2.75, 3.05) is 11.4 Å². The Hall–Kier alpha value is -0.510. The zero-order valence-electron chi connectivity index (χ0n) is 10.9. The second-order valence-corrected chi connectivity index (χ2v) is 4.75. The normalized spacial score (nSPS) is 12.9. The largest absolute Gasteiger partial charge is 0.354 e. The molecule has 1 aromatic heterocycles. The zero-order chi connectivity index (χ0) is 12.3. The van der Waals surface area contributed by atoms with Crippen molar-refractivity contribution >= 4 is 21.7 Å². The van der Waals surface area contributed by atoms with Gasteiger partial charge < -0.3 is 4.90 Å². The van der Waals surface area contributed by atoms with E-state index in [1.807, 2.05) is 11.7 Å². The number of hydrogen-bond acceptors (Lipinski definition) is 2. The summed E-state index contributed by atoms with van der Waals surface area (Å²) in [4.78, 5) is 2.43. The zero-order valence-corrected chi connectivity index (χ0v) is 12.5. The molecule has 0 aliphatic heterocycles. The molecule has 92 valence electrons. The van der Waals surface area contributed by atoms with Gasteiger partial charge in [-0.1, -0.05) is 22.9 Å². The van der Waals surface area contributed by atoms with Gasteiger partial charge in [-0.3, -0.25) is 4.68 Å². The van der Waals surface area contributed by atoms with Crippen LogP contribution in [0.4, 0.5) is 5.82 Å². The highest BCUT2D eigenvalue weighted by molar-refractivity contribution is 9.08. The Balaban J connectivity index is 3.18. The Bertz CT molecular complexity index is 346. The number of alkyl halides is 1. The quantitative estimate of drug-likeness (QED) is 0.776. The molecular weight excluding hydrogens is 266 g/mol. The molecule has 0 bridgehead atoms. The number of halogens is 1. The van der Waals surface area contributed by atoms with Crippen LogP contribution in [0.1, 0.15) is 38.4 Å². The van der Waals surface area contributed by atoms with Gasteiger partial charge in [0.25, 0.3) is 0 Å². The van der Waals surface area contributed by atoms with Gasteiger partial charge in [0.15, 0.2) is 0 Å². The highest BCUT2D eigenvalue weighted by atomic mass is 79.9. The first-order chi connectivity index (χ1) is 7.56. The van der Waals surface area contributed by atoms with Gasteiger partial charge in [-0.05, 0) is 27.2 Å². The molecule has 0 aliphatic carbocycles. The number of hydrogen-bond donors (Lipinski definition) is 0. The first-order valence-electron chi connectivity index (χ1n) is 5.91. The summed E-state index contributed by atoms with van der Waals surface area (Å²) in [5.74, 6) is 1.26. The third-order valence-electron chi connectivity index (χ3n) is 3.18. The van der Waals surface area contributed by atoms with Gasteiger partial charge in [0.2, 0.25) is 0 Å². The first-order valence-corrected chi connectivity index (χ1v) is 7.03. The van der Waals surface area contributed by atoms with Crippen molar-refractivity contribution in [2.45, 2.75) is 45.5 Å². The number of aromatic nitrogens is 2. The van der Waals surface area contributed by atoms with E-state index in [2.05, 4.69) is 53.6 Å². The van der Waals surface area contributed by atoms with Crippen LogP contribution in [-0.2, 0) is 12.4 Å². The summed E-state index contributed by atoms with van der Waals surface area (Å²) in [6.07, 6.45) is 1.15. The second-order valence-electron chi connectivity index (χ2n) is 4.19. The Morgan fingerprint density at radius 1 is 1.44 bits per heavy atom.